The highest BCUT2D eigenvalue weighted by Crippen LogP contribution is 2.22. The molecule has 0 bridgehead atoms. The minimum absolute atomic E-state index is 0.131. The standard InChI is InChI=1S/C16H12N4O4/c17-14-7-3-11(9-18-14)10-1-4-12(5-2-10)19-16(21)13-6-8-15(24-13)20(22)23/h1-9H,(H2,17,18)(H,19,21). The summed E-state index contributed by atoms with van der Waals surface area (Å²) in [5.41, 5.74) is 7.89. The number of nitrogens with zero attached hydrogens (tertiary/aromatic N) is 2. The number of nitrogens with one attached hydrogen (secondary N) is 1. The molecule has 0 unspecified atom stereocenters. The Morgan fingerprint density at radius 1 is 1.08 bits per heavy atom. The normalized spacial score (nSPS) is 10.3. The maximum atomic E-state index is 12.0. The van der Waals surface area contributed by atoms with Crippen molar-refractivity contribution in [3.8, 4) is 11.1 Å². The van der Waals surface area contributed by atoms with Gasteiger partial charge in [0.2, 0.25) is 0 Å². The summed E-state index contributed by atoms with van der Waals surface area (Å²) in [6.07, 6.45) is 1.66. The number of furan rings is 1. The zero-order chi connectivity index (χ0) is 17.1. The van der Waals surface area contributed by atoms with Crippen molar-refractivity contribution in [2.45, 2.75) is 0 Å². The molecule has 120 valence electrons. The molecule has 3 aromatic rings. The molecule has 2 aromatic heterocycles. The Kier molecular flexibility index (Phi) is 3.94. The first kappa shape index (κ1) is 15.2. The quantitative estimate of drug-likeness (QED) is 0.561. The van der Waals surface area contributed by atoms with Crippen LogP contribution in [0.25, 0.3) is 11.1 Å². The van der Waals surface area contributed by atoms with Gasteiger partial charge in [-0.05, 0) is 35.9 Å². The number of benzene rings is 1. The molecule has 0 saturated carbocycles. The minimum Gasteiger partial charge on any atom is -0.395 e. The number of nitro groups is 1. The van der Waals surface area contributed by atoms with Crippen molar-refractivity contribution in [2.75, 3.05) is 11.1 Å². The summed E-state index contributed by atoms with van der Waals surface area (Å²) in [5.74, 6) is -0.736. The van der Waals surface area contributed by atoms with Crippen molar-refractivity contribution in [1.82, 2.24) is 4.98 Å². The van der Waals surface area contributed by atoms with Crippen LogP contribution in [0.15, 0.2) is 59.1 Å². The fraction of sp³-hybridized carbons (Fsp3) is 0. The van der Waals surface area contributed by atoms with Gasteiger partial charge in [0.25, 0.3) is 5.91 Å². The van der Waals surface area contributed by atoms with Crippen LogP contribution in [0.1, 0.15) is 10.6 Å². The van der Waals surface area contributed by atoms with Crippen LogP contribution in [0.3, 0.4) is 0 Å². The highest BCUT2D eigenvalue weighted by atomic mass is 16.6. The lowest BCUT2D eigenvalue weighted by atomic mass is 10.1. The van der Waals surface area contributed by atoms with Gasteiger partial charge in [0.15, 0.2) is 5.76 Å². The molecule has 1 amide bonds. The maximum Gasteiger partial charge on any atom is 0.433 e. The van der Waals surface area contributed by atoms with E-state index in [0.717, 1.165) is 17.2 Å². The third-order valence-corrected chi connectivity index (χ3v) is 3.26. The Bertz CT molecular complexity index is 885. The molecule has 0 aliphatic heterocycles. The lowest BCUT2D eigenvalue weighted by molar-refractivity contribution is -0.402. The third kappa shape index (κ3) is 3.22. The lowest BCUT2D eigenvalue weighted by Gasteiger charge is -2.05. The molecule has 0 aliphatic carbocycles. The predicted molar refractivity (Wildman–Crippen MR) is 87.4 cm³/mol. The molecular formula is C16H12N4O4. The monoisotopic (exact) mass is 324 g/mol. The molecule has 2 heterocycles. The summed E-state index contributed by atoms with van der Waals surface area (Å²) >= 11 is 0. The van der Waals surface area contributed by atoms with E-state index in [1.165, 1.54) is 6.07 Å². The van der Waals surface area contributed by atoms with Crippen LogP contribution >= 0.6 is 0 Å². The average Bonchev–Trinajstić information content (AvgIpc) is 3.07. The SMILES string of the molecule is Nc1ccc(-c2ccc(NC(=O)c3ccc([N+](=O)[O-])o3)cc2)cn1. The van der Waals surface area contributed by atoms with E-state index in [1.807, 2.05) is 18.2 Å². The Hall–Kier alpha value is -3.68. The molecule has 0 fully saturated rings. The maximum absolute atomic E-state index is 12.0. The number of hydrogen-bond acceptors (Lipinski definition) is 6. The molecule has 1 aromatic carbocycles. The van der Waals surface area contributed by atoms with E-state index in [4.69, 9.17) is 10.2 Å². The highest BCUT2D eigenvalue weighted by molar-refractivity contribution is 6.02. The fourth-order valence-electron chi connectivity index (χ4n) is 2.06. The molecule has 0 radical (unpaired) electrons. The lowest BCUT2D eigenvalue weighted by Crippen LogP contribution is -2.10. The van der Waals surface area contributed by atoms with Gasteiger partial charge < -0.3 is 15.5 Å². The van der Waals surface area contributed by atoms with Crippen molar-refractivity contribution in [3.63, 3.8) is 0 Å². The van der Waals surface area contributed by atoms with Crippen LogP contribution in [0.4, 0.5) is 17.4 Å². The van der Waals surface area contributed by atoms with Gasteiger partial charge in [-0.3, -0.25) is 14.9 Å². The topological polar surface area (TPSA) is 124 Å². The number of anilines is 2. The van der Waals surface area contributed by atoms with Gasteiger partial charge in [0, 0.05) is 17.4 Å². The Morgan fingerprint density at radius 2 is 1.79 bits per heavy atom. The summed E-state index contributed by atoms with van der Waals surface area (Å²) in [6, 6.07) is 13.0. The van der Waals surface area contributed by atoms with E-state index >= 15 is 0 Å². The van der Waals surface area contributed by atoms with Crippen LogP contribution in [0.5, 0.6) is 0 Å². The Morgan fingerprint density at radius 3 is 2.38 bits per heavy atom. The van der Waals surface area contributed by atoms with Gasteiger partial charge in [-0.15, -0.1) is 0 Å². The molecule has 8 nitrogen and oxygen atoms in total. The number of hydrogen-bond donors (Lipinski definition) is 2. The number of nitrogen functional groups attached to an aromatic ring is 1. The first-order valence-electron chi connectivity index (χ1n) is 6.90. The van der Waals surface area contributed by atoms with Crippen molar-refractivity contribution >= 4 is 23.3 Å². The fourth-order valence-corrected chi connectivity index (χ4v) is 2.06. The van der Waals surface area contributed by atoms with Gasteiger partial charge in [-0.1, -0.05) is 12.1 Å². The molecular weight excluding hydrogens is 312 g/mol. The van der Waals surface area contributed by atoms with Gasteiger partial charge in [0.05, 0.1) is 6.07 Å². The molecule has 3 rings (SSSR count). The van der Waals surface area contributed by atoms with Crippen LogP contribution in [-0.2, 0) is 0 Å². The molecule has 0 spiro atoms. The second-order valence-corrected chi connectivity index (χ2v) is 4.90. The molecule has 0 aliphatic rings. The zero-order valence-corrected chi connectivity index (χ0v) is 12.3. The van der Waals surface area contributed by atoms with Gasteiger partial charge in [-0.2, -0.15) is 0 Å². The number of rotatable bonds is 4. The summed E-state index contributed by atoms with van der Waals surface area (Å²) in [7, 11) is 0. The average molecular weight is 324 g/mol. The smallest absolute Gasteiger partial charge is 0.395 e. The van der Waals surface area contributed by atoms with E-state index in [1.54, 1.807) is 24.4 Å². The van der Waals surface area contributed by atoms with Crippen LogP contribution in [-0.4, -0.2) is 15.8 Å². The van der Waals surface area contributed by atoms with Gasteiger partial charge in [-0.25, -0.2) is 4.98 Å². The van der Waals surface area contributed by atoms with Crippen LogP contribution in [0.2, 0.25) is 0 Å². The Labute approximate surface area is 136 Å². The minimum atomic E-state index is -0.702. The second-order valence-electron chi connectivity index (χ2n) is 4.90. The van der Waals surface area contributed by atoms with Crippen molar-refractivity contribution in [3.05, 3.63) is 70.6 Å². The van der Waals surface area contributed by atoms with Crippen molar-refractivity contribution in [1.29, 1.82) is 0 Å². The molecule has 8 heteroatoms. The number of pyridine rings is 1. The number of amides is 1. The van der Waals surface area contributed by atoms with E-state index in [2.05, 4.69) is 10.3 Å². The largest absolute Gasteiger partial charge is 0.433 e. The summed E-state index contributed by atoms with van der Waals surface area (Å²) in [4.78, 5) is 25.9. The van der Waals surface area contributed by atoms with Gasteiger partial charge in [0.1, 0.15) is 10.7 Å². The molecule has 0 saturated heterocycles. The van der Waals surface area contributed by atoms with Crippen molar-refractivity contribution in [2.24, 2.45) is 0 Å². The molecule has 24 heavy (non-hydrogen) atoms. The highest BCUT2D eigenvalue weighted by Gasteiger charge is 2.17. The summed E-state index contributed by atoms with van der Waals surface area (Å²) < 4.78 is 4.85. The van der Waals surface area contributed by atoms with E-state index in [0.29, 0.717) is 11.5 Å². The Balaban J connectivity index is 1.72. The summed E-state index contributed by atoms with van der Waals surface area (Å²) in [5, 5.41) is 13.2. The molecule has 0 atom stereocenters. The number of carbonyl (C=O) groups is 1. The first-order valence-corrected chi connectivity index (χ1v) is 6.90. The second kappa shape index (κ2) is 6.21. The summed E-state index contributed by atoms with van der Waals surface area (Å²) in [6.45, 7) is 0. The third-order valence-electron chi connectivity index (χ3n) is 3.26. The van der Waals surface area contributed by atoms with Crippen molar-refractivity contribution < 1.29 is 14.1 Å². The zero-order valence-electron chi connectivity index (χ0n) is 12.3. The van der Waals surface area contributed by atoms with E-state index < -0.39 is 16.7 Å². The number of carbonyl (C=O) groups excluding carboxylic acids is 1. The first-order chi connectivity index (χ1) is 11.5. The van der Waals surface area contributed by atoms with Gasteiger partial charge >= 0.3 is 5.88 Å². The number of aromatic nitrogens is 1. The number of nitrogens with two attached hydrogens (primary N) is 1. The molecule has 3 N–H and O–H groups in total. The van der Waals surface area contributed by atoms with Crippen LogP contribution < -0.4 is 11.1 Å². The predicted octanol–water partition coefficient (Wildman–Crippen LogP) is 3.08. The van der Waals surface area contributed by atoms with E-state index in [-0.39, 0.29) is 5.76 Å². The van der Waals surface area contributed by atoms with Crippen LogP contribution in [0, 0.1) is 10.1 Å². The van der Waals surface area contributed by atoms with E-state index in [9.17, 15) is 14.9 Å².